The van der Waals surface area contributed by atoms with Crippen molar-refractivity contribution in [1.29, 1.82) is 5.26 Å². The lowest BCUT2D eigenvalue weighted by Gasteiger charge is -2.13. The van der Waals surface area contributed by atoms with E-state index in [4.69, 9.17) is 26.7 Å². The van der Waals surface area contributed by atoms with E-state index >= 15 is 0 Å². The molecule has 8 heteroatoms. The fourth-order valence-corrected chi connectivity index (χ4v) is 3.24. The molecule has 0 bridgehead atoms. The first-order valence-corrected chi connectivity index (χ1v) is 9.92. The summed E-state index contributed by atoms with van der Waals surface area (Å²) in [6, 6.07) is 18.9. The van der Waals surface area contributed by atoms with Crippen LogP contribution in [0, 0.1) is 17.1 Å². The number of carbonyl (C=O) groups is 1. The van der Waals surface area contributed by atoms with Crippen LogP contribution in [0.15, 0.2) is 65.6 Å². The smallest absolute Gasteiger partial charge is 0.341 e. The van der Waals surface area contributed by atoms with Crippen LogP contribution < -0.4 is 10.1 Å². The minimum atomic E-state index is -1.03. The number of carboxylic acid groups (broad SMARTS) is 1. The molecule has 31 heavy (non-hydrogen) atoms. The Hall–Kier alpha value is -3.05. The molecule has 0 aliphatic heterocycles. The van der Waals surface area contributed by atoms with Gasteiger partial charge in [-0.3, -0.25) is 0 Å². The molecular formula is C23H20ClFN2O3S. The molecule has 0 atom stereocenters. The van der Waals surface area contributed by atoms with E-state index in [2.05, 4.69) is 24.0 Å². The standard InChI is InChI=1S/C17H16N2O3.C6H4ClFS/c1-19-10-13-5-6-16(22-11-17(20)21)15(8-13)14-4-2-3-12(7-14)9-18;7-4-1-5(8)3-6(9)2-4/h2-8,19H,10-11H2,1H3,(H,20,21);1-3,9H. The Morgan fingerprint density at radius 1 is 1.23 bits per heavy atom. The summed E-state index contributed by atoms with van der Waals surface area (Å²) < 4.78 is 17.7. The second-order valence-corrected chi connectivity index (χ2v) is 7.32. The summed E-state index contributed by atoms with van der Waals surface area (Å²) in [6.45, 7) is 0.278. The molecule has 0 heterocycles. The first-order valence-electron chi connectivity index (χ1n) is 9.10. The van der Waals surface area contributed by atoms with Crippen molar-refractivity contribution in [3.63, 3.8) is 0 Å². The van der Waals surface area contributed by atoms with Crippen LogP contribution in [-0.2, 0) is 11.3 Å². The Morgan fingerprint density at radius 3 is 2.61 bits per heavy atom. The van der Waals surface area contributed by atoms with Crippen molar-refractivity contribution in [2.75, 3.05) is 13.7 Å². The summed E-state index contributed by atoms with van der Waals surface area (Å²) >= 11 is 9.36. The molecular weight excluding hydrogens is 439 g/mol. The predicted molar refractivity (Wildman–Crippen MR) is 121 cm³/mol. The topological polar surface area (TPSA) is 82.3 Å². The third kappa shape index (κ3) is 7.95. The Labute approximate surface area is 190 Å². The number of nitrogens with zero attached hydrogens (tertiary/aromatic N) is 1. The molecule has 0 unspecified atom stereocenters. The van der Waals surface area contributed by atoms with Crippen LogP contribution in [0.25, 0.3) is 11.1 Å². The van der Waals surface area contributed by atoms with Gasteiger partial charge in [0.05, 0.1) is 11.6 Å². The number of hydrogen-bond donors (Lipinski definition) is 3. The van der Waals surface area contributed by atoms with Crippen LogP contribution in [0.3, 0.4) is 0 Å². The second kappa shape index (κ2) is 12.0. The average molecular weight is 459 g/mol. The number of halogens is 2. The average Bonchev–Trinajstić information content (AvgIpc) is 2.72. The molecule has 0 radical (unpaired) electrons. The fourth-order valence-electron chi connectivity index (χ4n) is 2.68. The van der Waals surface area contributed by atoms with Gasteiger partial charge in [-0.05, 0) is 60.6 Å². The maximum absolute atomic E-state index is 12.3. The third-order valence-corrected chi connectivity index (χ3v) is 4.40. The number of ether oxygens (including phenoxy) is 1. The number of rotatable bonds is 6. The molecule has 3 aromatic rings. The third-order valence-electron chi connectivity index (χ3n) is 3.93. The lowest BCUT2D eigenvalue weighted by atomic mass is 10.00. The van der Waals surface area contributed by atoms with Gasteiger partial charge in [0.25, 0.3) is 0 Å². The van der Waals surface area contributed by atoms with E-state index in [9.17, 15) is 9.18 Å². The number of nitrogens with one attached hydrogen (secondary N) is 1. The highest BCUT2D eigenvalue weighted by Crippen LogP contribution is 2.31. The van der Waals surface area contributed by atoms with Gasteiger partial charge in [-0.25, -0.2) is 9.18 Å². The van der Waals surface area contributed by atoms with Crippen molar-refractivity contribution in [3.8, 4) is 22.9 Å². The van der Waals surface area contributed by atoms with Crippen molar-refractivity contribution in [2.24, 2.45) is 0 Å². The molecule has 3 rings (SSSR count). The SMILES string of the molecule is CNCc1ccc(OCC(=O)O)c(-c2cccc(C#N)c2)c1.Fc1cc(S)cc(Cl)c1. The maximum atomic E-state index is 12.3. The first kappa shape index (κ1) is 24.2. The molecule has 3 aromatic carbocycles. The Balaban J connectivity index is 0.000000316. The molecule has 5 nitrogen and oxygen atoms in total. The minimum Gasteiger partial charge on any atom is -0.481 e. The van der Waals surface area contributed by atoms with E-state index in [0.717, 1.165) is 16.7 Å². The number of aliphatic carboxylic acids is 1. The van der Waals surface area contributed by atoms with Crippen molar-refractivity contribution in [1.82, 2.24) is 5.32 Å². The Morgan fingerprint density at radius 2 is 2.00 bits per heavy atom. The van der Waals surface area contributed by atoms with E-state index in [0.29, 0.717) is 27.8 Å². The second-order valence-electron chi connectivity index (χ2n) is 6.36. The Bertz CT molecular complexity index is 1050. The molecule has 0 saturated carbocycles. The summed E-state index contributed by atoms with van der Waals surface area (Å²) in [5.41, 5.74) is 3.17. The number of benzene rings is 3. The quantitative estimate of drug-likeness (QED) is 0.443. The van der Waals surface area contributed by atoms with Gasteiger partial charge in [0.15, 0.2) is 6.61 Å². The van der Waals surface area contributed by atoms with E-state index in [1.807, 2.05) is 25.2 Å². The van der Waals surface area contributed by atoms with Gasteiger partial charge in [-0.15, -0.1) is 12.6 Å². The van der Waals surface area contributed by atoms with Crippen molar-refractivity contribution >= 4 is 30.2 Å². The first-order chi connectivity index (χ1) is 14.8. The highest BCUT2D eigenvalue weighted by molar-refractivity contribution is 7.80. The maximum Gasteiger partial charge on any atom is 0.341 e. The molecule has 0 aliphatic rings. The normalized spacial score (nSPS) is 9.90. The van der Waals surface area contributed by atoms with Gasteiger partial charge >= 0.3 is 5.97 Å². The predicted octanol–water partition coefficient (Wildman–Crippen LogP) is 5.18. The van der Waals surface area contributed by atoms with E-state index in [1.165, 1.54) is 12.1 Å². The zero-order valence-corrected chi connectivity index (χ0v) is 18.3. The molecule has 0 fully saturated rings. The molecule has 0 aliphatic carbocycles. The molecule has 0 aromatic heterocycles. The molecule has 0 saturated heterocycles. The van der Waals surface area contributed by atoms with E-state index < -0.39 is 12.6 Å². The number of nitriles is 1. The van der Waals surface area contributed by atoms with Crippen LogP contribution in [0.1, 0.15) is 11.1 Å². The van der Waals surface area contributed by atoms with Crippen LogP contribution in [-0.4, -0.2) is 24.7 Å². The fraction of sp³-hybridized carbons (Fsp3) is 0.130. The van der Waals surface area contributed by atoms with Crippen LogP contribution in [0.4, 0.5) is 4.39 Å². The number of hydrogen-bond acceptors (Lipinski definition) is 5. The summed E-state index contributed by atoms with van der Waals surface area (Å²) in [5, 5.41) is 21.2. The lowest BCUT2D eigenvalue weighted by molar-refractivity contribution is -0.139. The van der Waals surface area contributed by atoms with Gasteiger partial charge in [0.1, 0.15) is 11.6 Å². The monoisotopic (exact) mass is 458 g/mol. The molecule has 2 N–H and O–H groups in total. The minimum absolute atomic E-state index is 0.354. The van der Waals surface area contributed by atoms with Crippen LogP contribution in [0.2, 0.25) is 5.02 Å². The highest BCUT2D eigenvalue weighted by atomic mass is 35.5. The van der Waals surface area contributed by atoms with Gasteiger partial charge in [-0.1, -0.05) is 29.8 Å². The van der Waals surface area contributed by atoms with Crippen LogP contribution in [0.5, 0.6) is 5.75 Å². The summed E-state index contributed by atoms with van der Waals surface area (Å²) in [5.74, 6) is -0.902. The lowest BCUT2D eigenvalue weighted by Crippen LogP contribution is -2.10. The van der Waals surface area contributed by atoms with Crippen molar-refractivity contribution in [2.45, 2.75) is 11.4 Å². The largest absolute Gasteiger partial charge is 0.481 e. The van der Waals surface area contributed by atoms with Gasteiger partial charge in [0.2, 0.25) is 0 Å². The van der Waals surface area contributed by atoms with Crippen molar-refractivity contribution < 1.29 is 19.0 Å². The highest BCUT2D eigenvalue weighted by Gasteiger charge is 2.10. The number of thiol groups is 1. The summed E-state index contributed by atoms with van der Waals surface area (Å²) in [7, 11) is 1.85. The summed E-state index contributed by atoms with van der Waals surface area (Å²) in [4.78, 5) is 11.3. The van der Waals surface area contributed by atoms with Gasteiger partial charge in [-0.2, -0.15) is 5.26 Å². The molecule has 0 amide bonds. The van der Waals surface area contributed by atoms with Gasteiger partial charge < -0.3 is 15.2 Å². The Kier molecular flexibility index (Phi) is 9.35. The molecule has 0 spiro atoms. The van der Waals surface area contributed by atoms with Gasteiger partial charge in [0, 0.05) is 22.0 Å². The number of carboxylic acids is 1. The van der Waals surface area contributed by atoms with E-state index in [-0.39, 0.29) is 5.82 Å². The van der Waals surface area contributed by atoms with Crippen molar-refractivity contribution in [3.05, 3.63) is 82.6 Å². The van der Waals surface area contributed by atoms with Crippen LogP contribution >= 0.6 is 24.2 Å². The zero-order chi connectivity index (χ0) is 22.8. The summed E-state index contributed by atoms with van der Waals surface area (Å²) in [6.07, 6.45) is 0. The zero-order valence-electron chi connectivity index (χ0n) is 16.6. The molecule has 160 valence electrons. The van der Waals surface area contributed by atoms with E-state index in [1.54, 1.807) is 30.3 Å².